The topological polar surface area (TPSA) is 99.1 Å². The smallest absolute Gasteiger partial charge is 0.461 e. The van der Waals surface area contributed by atoms with Gasteiger partial charge in [0.1, 0.15) is 11.4 Å². The number of hydrogen-bond acceptors (Lipinski definition) is 6. The quantitative estimate of drug-likeness (QED) is 0.346. The van der Waals surface area contributed by atoms with Gasteiger partial charge in [0, 0.05) is 21.0 Å². The number of carbonyl (C=O) groups excluding carboxylic acids is 1. The zero-order valence-electron chi connectivity index (χ0n) is 15.6. The zero-order valence-corrected chi connectivity index (χ0v) is 18.6. The summed E-state index contributed by atoms with van der Waals surface area (Å²) in [4.78, 5) is 12.0. The Hall–Kier alpha value is -1.05. The maximum absolute atomic E-state index is 13.8. The maximum Gasteiger partial charge on any atom is 0.465 e. The van der Waals surface area contributed by atoms with E-state index >= 15 is 0 Å². The molecule has 1 spiro atoms. The van der Waals surface area contributed by atoms with E-state index in [4.69, 9.17) is 18.8 Å². The standard InChI is InChI=1S/C19H19F2IO7S/c20-19(21,30(24,25)26)16(23)29-17-6-10-4-11(7-17)18(12(5-10)8-17)27-9-13-14(22)2-1-3-15(13)28-18/h1-3,10-12H,4-9H2,(H,24,25,26). The summed E-state index contributed by atoms with van der Waals surface area (Å²) in [6.07, 6.45) is 2.38. The molecular formula is C19H19F2IO7S. The van der Waals surface area contributed by atoms with Gasteiger partial charge in [0.2, 0.25) is 5.79 Å². The van der Waals surface area contributed by atoms with Gasteiger partial charge in [-0.3, -0.25) is 4.55 Å². The molecule has 30 heavy (non-hydrogen) atoms. The fourth-order valence-corrected chi connectivity index (χ4v) is 6.79. The molecule has 11 heteroatoms. The van der Waals surface area contributed by atoms with Gasteiger partial charge in [0.05, 0.1) is 6.61 Å². The SMILES string of the molecule is O=C(OC12CC3CC(C1)C1(OCc4c(I)cccc4O1)C(C3)C2)C(F)(F)S(=O)(=O)O. The van der Waals surface area contributed by atoms with Gasteiger partial charge in [0.15, 0.2) is 0 Å². The number of esters is 1. The van der Waals surface area contributed by atoms with Crippen LogP contribution in [0.3, 0.4) is 0 Å². The number of hydrogen-bond donors (Lipinski definition) is 1. The first-order chi connectivity index (χ1) is 14.0. The zero-order chi connectivity index (χ0) is 21.5. The summed E-state index contributed by atoms with van der Waals surface area (Å²) in [6.45, 7) is 0.375. The molecular weight excluding hydrogens is 537 g/mol. The number of carbonyl (C=O) groups is 1. The van der Waals surface area contributed by atoms with Gasteiger partial charge < -0.3 is 14.2 Å². The van der Waals surface area contributed by atoms with Gasteiger partial charge in [-0.1, -0.05) is 6.07 Å². The molecule has 5 aliphatic rings. The highest BCUT2D eigenvalue weighted by Crippen LogP contribution is 2.63. The lowest BCUT2D eigenvalue weighted by Crippen LogP contribution is -2.68. The lowest BCUT2D eigenvalue weighted by atomic mass is 9.51. The van der Waals surface area contributed by atoms with Crippen molar-refractivity contribution in [1.29, 1.82) is 0 Å². The van der Waals surface area contributed by atoms with Crippen molar-refractivity contribution in [3.05, 3.63) is 27.3 Å². The van der Waals surface area contributed by atoms with Crippen LogP contribution in [0.2, 0.25) is 0 Å². The van der Waals surface area contributed by atoms with Gasteiger partial charge in [-0.05, 0) is 72.7 Å². The van der Waals surface area contributed by atoms with Crippen LogP contribution in [0.1, 0.15) is 37.7 Å². The van der Waals surface area contributed by atoms with Crippen molar-refractivity contribution in [3.63, 3.8) is 0 Å². The number of alkyl halides is 2. The maximum atomic E-state index is 13.8. The first kappa shape index (κ1) is 20.8. The summed E-state index contributed by atoms with van der Waals surface area (Å²) in [5, 5.41) is -5.00. The van der Waals surface area contributed by atoms with E-state index in [0.29, 0.717) is 13.0 Å². The van der Waals surface area contributed by atoms with E-state index in [0.717, 1.165) is 27.7 Å². The third-order valence-corrected chi connectivity index (χ3v) is 8.75. The highest BCUT2D eigenvalue weighted by atomic mass is 127. The van der Waals surface area contributed by atoms with Gasteiger partial charge >= 0.3 is 21.3 Å². The van der Waals surface area contributed by atoms with Crippen LogP contribution in [0, 0.1) is 21.3 Å². The molecule has 0 radical (unpaired) electrons. The van der Waals surface area contributed by atoms with E-state index < -0.39 is 32.7 Å². The Bertz CT molecular complexity index is 1010. The molecule has 1 aromatic rings. The Labute approximate surface area is 185 Å². The Balaban J connectivity index is 1.43. The molecule has 164 valence electrons. The number of ether oxygens (including phenoxy) is 3. The van der Waals surface area contributed by atoms with Crippen molar-refractivity contribution >= 4 is 38.7 Å². The largest absolute Gasteiger partial charge is 0.465 e. The molecule has 6 rings (SSSR count). The second-order valence-electron chi connectivity index (χ2n) is 8.74. The van der Waals surface area contributed by atoms with E-state index in [1.165, 1.54) is 0 Å². The minimum absolute atomic E-state index is 0.143. The van der Waals surface area contributed by atoms with Crippen molar-refractivity contribution in [1.82, 2.24) is 0 Å². The molecule has 4 fully saturated rings. The van der Waals surface area contributed by atoms with Crippen molar-refractivity contribution < 1.29 is 40.8 Å². The fraction of sp³-hybridized carbons (Fsp3) is 0.632. The van der Waals surface area contributed by atoms with Crippen LogP contribution in [0.25, 0.3) is 0 Å². The van der Waals surface area contributed by atoms with Gasteiger partial charge in [-0.15, -0.1) is 0 Å². The number of rotatable bonds is 3. The highest BCUT2D eigenvalue weighted by molar-refractivity contribution is 14.1. The molecule has 1 heterocycles. The van der Waals surface area contributed by atoms with E-state index in [-0.39, 0.29) is 30.6 Å². The second-order valence-corrected chi connectivity index (χ2v) is 11.4. The summed E-state index contributed by atoms with van der Waals surface area (Å²) in [5.41, 5.74) is -0.239. The third kappa shape index (κ3) is 2.91. The summed E-state index contributed by atoms with van der Waals surface area (Å²) >= 11 is 2.22. The van der Waals surface area contributed by atoms with Gasteiger partial charge in [-0.2, -0.15) is 17.2 Å². The highest BCUT2D eigenvalue weighted by Gasteiger charge is 2.68. The van der Waals surface area contributed by atoms with E-state index in [1.807, 2.05) is 18.2 Å². The Morgan fingerprint density at radius 1 is 1.23 bits per heavy atom. The normalized spacial score (nSPS) is 37.0. The lowest BCUT2D eigenvalue weighted by Gasteiger charge is -2.63. The molecule has 1 aromatic carbocycles. The molecule has 2 atom stereocenters. The Morgan fingerprint density at radius 3 is 2.53 bits per heavy atom. The van der Waals surface area contributed by atoms with Crippen molar-refractivity contribution in [3.8, 4) is 5.75 Å². The molecule has 0 saturated heterocycles. The van der Waals surface area contributed by atoms with Crippen LogP contribution >= 0.6 is 22.6 Å². The van der Waals surface area contributed by atoms with Crippen LogP contribution in [-0.2, 0) is 31.0 Å². The predicted octanol–water partition coefficient (Wildman–Crippen LogP) is 3.50. The van der Waals surface area contributed by atoms with Gasteiger partial charge in [0.25, 0.3) is 0 Å². The fourth-order valence-electron chi connectivity index (χ4n) is 5.90. The summed E-state index contributed by atoms with van der Waals surface area (Å²) < 4.78 is 77.0. The third-order valence-electron chi connectivity index (χ3n) is 6.93. The molecule has 0 aromatic heterocycles. The summed E-state index contributed by atoms with van der Waals surface area (Å²) in [5.74, 6) is -2.61. The van der Waals surface area contributed by atoms with Crippen LogP contribution in [0.4, 0.5) is 8.78 Å². The average molecular weight is 556 g/mol. The molecule has 2 unspecified atom stereocenters. The number of halogens is 3. The van der Waals surface area contributed by atoms with E-state index in [1.54, 1.807) is 0 Å². The van der Waals surface area contributed by atoms with Crippen LogP contribution in [-0.4, -0.2) is 35.6 Å². The van der Waals surface area contributed by atoms with Crippen molar-refractivity contribution in [2.45, 2.75) is 55.4 Å². The molecule has 1 aliphatic heterocycles. The van der Waals surface area contributed by atoms with Crippen LogP contribution in [0.5, 0.6) is 5.75 Å². The van der Waals surface area contributed by atoms with Gasteiger partial charge in [-0.25, -0.2) is 4.79 Å². The average Bonchev–Trinajstić information content (AvgIpc) is 2.64. The minimum atomic E-state index is -5.91. The molecule has 4 bridgehead atoms. The molecule has 0 amide bonds. The van der Waals surface area contributed by atoms with Crippen molar-refractivity contribution in [2.75, 3.05) is 0 Å². The van der Waals surface area contributed by atoms with E-state index in [2.05, 4.69) is 22.6 Å². The Kier molecular flexibility index (Phi) is 4.50. The molecule has 4 aliphatic carbocycles. The molecule has 4 saturated carbocycles. The van der Waals surface area contributed by atoms with Crippen LogP contribution < -0.4 is 4.74 Å². The first-order valence-corrected chi connectivity index (χ1v) is 12.2. The number of benzene rings is 1. The summed E-state index contributed by atoms with van der Waals surface area (Å²) in [6, 6.07) is 5.75. The van der Waals surface area contributed by atoms with Crippen molar-refractivity contribution in [2.24, 2.45) is 17.8 Å². The minimum Gasteiger partial charge on any atom is -0.461 e. The van der Waals surface area contributed by atoms with E-state index in [9.17, 15) is 22.0 Å². The van der Waals surface area contributed by atoms with Crippen LogP contribution in [0.15, 0.2) is 18.2 Å². The first-order valence-electron chi connectivity index (χ1n) is 9.64. The predicted molar refractivity (Wildman–Crippen MR) is 106 cm³/mol. The number of fused-ring (bicyclic) bond motifs is 1. The summed E-state index contributed by atoms with van der Waals surface area (Å²) in [7, 11) is -5.91. The molecule has 1 N–H and O–H groups in total. The lowest BCUT2D eigenvalue weighted by molar-refractivity contribution is -0.337. The second kappa shape index (κ2) is 6.48. The Morgan fingerprint density at radius 2 is 1.90 bits per heavy atom. The monoisotopic (exact) mass is 556 g/mol. The molecule has 7 nitrogen and oxygen atoms in total.